The number of hydrogen-bond donors (Lipinski definition) is 0. The van der Waals surface area contributed by atoms with Gasteiger partial charge in [0.1, 0.15) is 23.2 Å². The molecule has 3 heteroatoms. The Morgan fingerprint density at radius 2 is 2.28 bits per heavy atom. The molecule has 0 spiro atoms. The molecule has 2 heterocycles. The molecule has 0 aliphatic carbocycles. The van der Waals surface area contributed by atoms with E-state index >= 15 is 0 Å². The van der Waals surface area contributed by atoms with Crippen LogP contribution >= 0.6 is 0 Å². The molecule has 2 unspecified atom stereocenters. The van der Waals surface area contributed by atoms with Gasteiger partial charge in [0.2, 0.25) is 0 Å². The van der Waals surface area contributed by atoms with Gasteiger partial charge in [-0.3, -0.25) is 0 Å². The lowest BCUT2D eigenvalue weighted by Crippen LogP contribution is -2.52. The second-order valence-corrected chi connectivity index (χ2v) is 5.16. The van der Waals surface area contributed by atoms with Gasteiger partial charge in [-0.25, -0.2) is 0 Å². The molecule has 18 heavy (non-hydrogen) atoms. The molecule has 1 fully saturated rings. The highest BCUT2D eigenvalue weighted by Gasteiger charge is 2.45. The first-order valence-corrected chi connectivity index (χ1v) is 6.32. The molecule has 0 bridgehead atoms. The van der Waals surface area contributed by atoms with Crippen molar-refractivity contribution >= 4 is 5.57 Å². The first-order valence-electron chi connectivity index (χ1n) is 6.32. The van der Waals surface area contributed by atoms with Gasteiger partial charge in [0.25, 0.3) is 0 Å². The van der Waals surface area contributed by atoms with Gasteiger partial charge < -0.3 is 14.2 Å². The van der Waals surface area contributed by atoms with E-state index in [2.05, 4.69) is 13.5 Å². The van der Waals surface area contributed by atoms with Crippen molar-refractivity contribution in [1.29, 1.82) is 0 Å². The Kier molecular flexibility index (Phi) is 2.59. The van der Waals surface area contributed by atoms with E-state index in [1.807, 2.05) is 18.2 Å². The van der Waals surface area contributed by atoms with Gasteiger partial charge in [-0.05, 0) is 43.5 Å². The fraction of sp³-hybridized carbons (Fsp3) is 0.467. The van der Waals surface area contributed by atoms with Crippen LogP contribution in [0.2, 0.25) is 0 Å². The Labute approximate surface area is 107 Å². The van der Waals surface area contributed by atoms with E-state index in [0.717, 1.165) is 42.1 Å². The van der Waals surface area contributed by atoms with E-state index in [4.69, 9.17) is 14.2 Å². The zero-order valence-electron chi connectivity index (χ0n) is 10.9. The Balaban J connectivity index is 2.06. The first-order chi connectivity index (χ1) is 8.64. The monoisotopic (exact) mass is 246 g/mol. The number of ether oxygens (including phenoxy) is 3. The summed E-state index contributed by atoms with van der Waals surface area (Å²) in [6.07, 6.45) is 1.99. The number of benzene rings is 1. The summed E-state index contributed by atoms with van der Waals surface area (Å²) in [7, 11) is 1.66. The summed E-state index contributed by atoms with van der Waals surface area (Å²) in [6, 6.07) is 5.84. The molecule has 2 atom stereocenters. The van der Waals surface area contributed by atoms with Crippen LogP contribution in [0.4, 0.5) is 0 Å². The highest BCUT2D eigenvalue weighted by atomic mass is 16.6. The molecule has 0 radical (unpaired) electrons. The van der Waals surface area contributed by atoms with Crippen molar-refractivity contribution in [3.8, 4) is 11.5 Å². The molecule has 0 N–H and O–H groups in total. The molecule has 0 amide bonds. The van der Waals surface area contributed by atoms with Gasteiger partial charge in [-0.15, -0.1) is 0 Å². The minimum Gasteiger partial charge on any atom is -0.497 e. The van der Waals surface area contributed by atoms with Crippen LogP contribution in [-0.4, -0.2) is 25.4 Å². The van der Waals surface area contributed by atoms with E-state index in [1.165, 1.54) is 0 Å². The topological polar surface area (TPSA) is 27.7 Å². The number of methoxy groups -OCH3 is 1. The lowest BCUT2D eigenvalue weighted by atomic mass is 9.81. The summed E-state index contributed by atoms with van der Waals surface area (Å²) in [4.78, 5) is 0. The van der Waals surface area contributed by atoms with Crippen LogP contribution in [0.15, 0.2) is 24.8 Å². The highest BCUT2D eigenvalue weighted by molar-refractivity contribution is 5.75. The van der Waals surface area contributed by atoms with Gasteiger partial charge >= 0.3 is 0 Å². The summed E-state index contributed by atoms with van der Waals surface area (Å²) in [5.41, 5.74) is 1.72. The first kappa shape index (κ1) is 11.6. The second kappa shape index (κ2) is 4.02. The van der Waals surface area contributed by atoms with Crippen molar-refractivity contribution in [2.45, 2.75) is 31.5 Å². The van der Waals surface area contributed by atoms with Crippen molar-refractivity contribution in [2.75, 3.05) is 13.7 Å². The van der Waals surface area contributed by atoms with Crippen LogP contribution < -0.4 is 9.47 Å². The molecule has 0 saturated carbocycles. The lowest BCUT2D eigenvalue weighted by molar-refractivity contribution is -0.0971. The van der Waals surface area contributed by atoms with E-state index in [-0.39, 0.29) is 11.7 Å². The Morgan fingerprint density at radius 3 is 3.06 bits per heavy atom. The van der Waals surface area contributed by atoms with E-state index in [0.29, 0.717) is 0 Å². The Hall–Kier alpha value is -1.48. The van der Waals surface area contributed by atoms with Crippen LogP contribution in [0, 0.1) is 0 Å². The summed E-state index contributed by atoms with van der Waals surface area (Å²) < 4.78 is 17.3. The Morgan fingerprint density at radius 1 is 1.44 bits per heavy atom. The maximum Gasteiger partial charge on any atom is 0.136 e. The van der Waals surface area contributed by atoms with Crippen molar-refractivity contribution in [2.24, 2.45) is 0 Å². The number of fused-ring (bicyclic) bond motifs is 2. The van der Waals surface area contributed by atoms with Gasteiger partial charge in [0.15, 0.2) is 0 Å². The van der Waals surface area contributed by atoms with Crippen LogP contribution in [0.3, 0.4) is 0 Å². The normalized spacial score (nSPS) is 30.1. The zero-order valence-corrected chi connectivity index (χ0v) is 10.9. The SMILES string of the molecule is C=C1c2cc(OC)ccc2OC2(C)CCCOC12. The van der Waals surface area contributed by atoms with Gasteiger partial charge in [0.05, 0.1) is 7.11 Å². The molecule has 96 valence electrons. The van der Waals surface area contributed by atoms with Gasteiger partial charge in [-0.2, -0.15) is 0 Å². The van der Waals surface area contributed by atoms with E-state index < -0.39 is 0 Å². The molecular weight excluding hydrogens is 228 g/mol. The minimum atomic E-state index is -0.281. The maximum atomic E-state index is 6.15. The molecule has 1 aromatic rings. The van der Waals surface area contributed by atoms with Crippen molar-refractivity contribution < 1.29 is 14.2 Å². The predicted molar refractivity (Wildman–Crippen MR) is 70.0 cm³/mol. The maximum absolute atomic E-state index is 6.15. The smallest absolute Gasteiger partial charge is 0.136 e. The molecule has 0 aromatic heterocycles. The average molecular weight is 246 g/mol. The molecule has 1 saturated heterocycles. The summed E-state index contributed by atoms with van der Waals surface area (Å²) >= 11 is 0. The summed E-state index contributed by atoms with van der Waals surface area (Å²) in [5, 5.41) is 0. The average Bonchev–Trinajstić information content (AvgIpc) is 2.38. The third-order valence-corrected chi connectivity index (χ3v) is 3.85. The van der Waals surface area contributed by atoms with Crippen LogP contribution in [-0.2, 0) is 4.74 Å². The molecule has 2 aliphatic rings. The van der Waals surface area contributed by atoms with Crippen molar-refractivity contribution in [3.05, 3.63) is 30.3 Å². The van der Waals surface area contributed by atoms with Gasteiger partial charge in [-0.1, -0.05) is 6.58 Å². The molecule has 1 aromatic carbocycles. The standard InChI is InChI=1S/C15H18O3/c1-10-12-9-11(16-3)5-6-13(12)18-15(2)7-4-8-17-14(10)15/h5-6,9,14H,1,4,7-8H2,2-3H3. The molecule has 2 aliphatic heterocycles. The van der Waals surface area contributed by atoms with Crippen LogP contribution in [0.5, 0.6) is 11.5 Å². The van der Waals surface area contributed by atoms with Crippen LogP contribution in [0.25, 0.3) is 5.57 Å². The van der Waals surface area contributed by atoms with Crippen molar-refractivity contribution in [3.63, 3.8) is 0 Å². The quantitative estimate of drug-likeness (QED) is 0.762. The predicted octanol–water partition coefficient (Wildman–Crippen LogP) is 3.04. The third kappa shape index (κ3) is 1.62. The number of rotatable bonds is 1. The fourth-order valence-corrected chi connectivity index (χ4v) is 2.87. The lowest BCUT2D eigenvalue weighted by Gasteiger charge is -2.46. The Bertz CT molecular complexity index is 495. The summed E-state index contributed by atoms with van der Waals surface area (Å²) in [6.45, 7) is 7.09. The van der Waals surface area contributed by atoms with E-state index in [1.54, 1.807) is 7.11 Å². The fourth-order valence-electron chi connectivity index (χ4n) is 2.87. The molecule has 3 rings (SSSR count). The van der Waals surface area contributed by atoms with Crippen LogP contribution in [0.1, 0.15) is 25.3 Å². The highest BCUT2D eigenvalue weighted by Crippen LogP contribution is 2.45. The number of hydrogen-bond acceptors (Lipinski definition) is 3. The third-order valence-electron chi connectivity index (χ3n) is 3.85. The van der Waals surface area contributed by atoms with E-state index in [9.17, 15) is 0 Å². The minimum absolute atomic E-state index is 0.0501. The summed E-state index contributed by atoms with van der Waals surface area (Å²) in [5.74, 6) is 1.70. The molecular formula is C15H18O3. The zero-order chi connectivity index (χ0) is 12.8. The largest absolute Gasteiger partial charge is 0.497 e. The second-order valence-electron chi connectivity index (χ2n) is 5.16. The van der Waals surface area contributed by atoms with Gasteiger partial charge in [0, 0.05) is 12.2 Å². The molecule has 3 nitrogen and oxygen atoms in total. The van der Waals surface area contributed by atoms with Crippen molar-refractivity contribution in [1.82, 2.24) is 0 Å².